The van der Waals surface area contributed by atoms with E-state index in [1.807, 2.05) is 4.90 Å². The van der Waals surface area contributed by atoms with Crippen LogP contribution >= 0.6 is 0 Å². The fourth-order valence-corrected chi connectivity index (χ4v) is 3.56. The number of nitrogens with one attached hydrogen (secondary N) is 1. The Kier molecular flexibility index (Phi) is 6.06. The van der Waals surface area contributed by atoms with Gasteiger partial charge in [-0.05, 0) is 37.2 Å². The van der Waals surface area contributed by atoms with Gasteiger partial charge >= 0.3 is 0 Å². The smallest absolute Gasteiger partial charge is 0.225 e. The number of hydrogen-bond donors (Lipinski definition) is 1. The molecule has 2 fully saturated rings. The second kappa shape index (κ2) is 8.46. The predicted molar refractivity (Wildman–Crippen MR) is 91.3 cm³/mol. The van der Waals surface area contributed by atoms with Crippen molar-refractivity contribution in [3.05, 3.63) is 35.9 Å². The van der Waals surface area contributed by atoms with Crippen LogP contribution in [0.3, 0.4) is 0 Å². The molecule has 3 rings (SSSR count). The third-order valence-corrected chi connectivity index (χ3v) is 5.06. The lowest BCUT2D eigenvalue weighted by Gasteiger charge is -2.33. The van der Waals surface area contributed by atoms with Crippen LogP contribution < -0.4 is 5.32 Å². The summed E-state index contributed by atoms with van der Waals surface area (Å²) in [5.74, 6) is 1.02. The predicted octanol–water partition coefficient (Wildman–Crippen LogP) is 2.24. The van der Waals surface area contributed by atoms with Gasteiger partial charge < -0.3 is 15.0 Å². The number of morpholine rings is 1. The molecule has 0 aliphatic carbocycles. The van der Waals surface area contributed by atoms with Crippen molar-refractivity contribution in [3.8, 4) is 0 Å². The van der Waals surface area contributed by atoms with Crippen LogP contribution in [0, 0.1) is 5.92 Å². The Labute approximate surface area is 139 Å². The molecular formula is C19H28N2O2. The Morgan fingerprint density at radius 3 is 2.70 bits per heavy atom. The lowest BCUT2D eigenvalue weighted by molar-refractivity contribution is -0.136. The van der Waals surface area contributed by atoms with E-state index in [4.69, 9.17) is 4.74 Å². The monoisotopic (exact) mass is 316 g/mol. The zero-order valence-electron chi connectivity index (χ0n) is 13.9. The van der Waals surface area contributed by atoms with Crippen LogP contribution in [0.15, 0.2) is 30.3 Å². The van der Waals surface area contributed by atoms with E-state index in [-0.39, 0.29) is 12.0 Å². The summed E-state index contributed by atoms with van der Waals surface area (Å²) >= 11 is 0. The van der Waals surface area contributed by atoms with Gasteiger partial charge in [-0.2, -0.15) is 0 Å². The van der Waals surface area contributed by atoms with Crippen molar-refractivity contribution in [2.24, 2.45) is 5.92 Å². The van der Waals surface area contributed by atoms with Crippen molar-refractivity contribution >= 4 is 5.91 Å². The summed E-state index contributed by atoms with van der Waals surface area (Å²) in [5.41, 5.74) is 1.42. The number of hydrogen-bond acceptors (Lipinski definition) is 3. The molecule has 2 aliphatic heterocycles. The molecule has 1 aromatic rings. The highest BCUT2D eigenvalue weighted by Crippen LogP contribution is 2.23. The maximum Gasteiger partial charge on any atom is 0.225 e. The highest BCUT2D eigenvalue weighted by atomic mass is 16.5. The number of nitrogens with zero attached hydrogens (tertiary/aromatic N) is 1. The van der Waals surface area contributed by atoms with E-state index >= 15 is 0 Å². The quantitative estimate of drug-likeness (QED) is 0.906. The molecule has 0 bridgehead atoms. The highest BCUT2D eigenvalue weighted by Gasteiger charge is 2.25. The first-order valence-electron chi connectivity index (χ1n) is 8.95. The van der Waals surface area contributed by atoms with Gasteiger partial charge in [0.25, 0.3) is 0 Å². The topological polar surface area (TPSA) is 41.6 Å². The average molecular weight is 316 g/mol. The molecule has 1 amide bonds. The summed E-state index contributed by atoms with van der Waals surface area (Å²) in [6.07, 6.45) is 5.27. The number of piperidine rings is 1. The molecule has 1 atom stereocenters. The Morgan fingerprint density at radius 2 is 2.00 bits per heavy atom. The van der Waals surface area contributed by atoms with Crippen LogP contribution in [0.5, 0.6) is 0 Å². The molecule has 126 valence electrons. The minimum atomic E-state index is 0.0621. The van der Waals surface area contributed by atoms with Gasteiger partial charge in [0.1, 0.15) is 0 Å². The summed E-state index contributed by atoms with van der Waals surface area (Å²) < 4.78 is 5.64. The van der Waals surface area contributed by atoms with Gasteiger partial charge in [-0.25, -0.2) is 0 Å². The number of aryl methyl sites for hydroxylation is 1. The number of ether oxygens (including phenoxy) is 1. The van der Waals surface area contributed by atoms with Crippen molar-refractivity contribution in [1.82, 2.24) is 10.2 Å². The number of likely N-dealkylation sites (tertiary alicyclic amines) is 1. The number of rotatable bonds is 5. The fraction of sp³-hybridized carbons (Fsp3) is 0.632. The van der Waals surface area contributed by atoms with Crippen LogP contribution in [0.4, 0.5) is 0 Å². The van der Waals surface area contributed by atoms with Crippen LogP contribution in [-0.4, -0.2) is 49.7 Å². The third-order valence-electron chi connectivity index (χ3n) is 5.06. The first-order valence-corrected chi connectivity index (χ1v) is 8.95. The number of carbonyl (C=O) groups excluding carboxylic acids is 1. The summed E-state index contributed by atoms with van der Waals surface area (Å²) in [5, 5.41) is 3.29. The van der Waals surface area contributed by atoms with Gasteiger partial charge in [0, 0.05) is 26.2 Å². The molecule has 0 radical (unpaired) electrons. The SMILES string of the molecule is O=C(CC1CNCCO1)N1CCC(CCc2ccccc2)CC1. The average Bonchev–Trinajstić information content (AvgIpc) is 2.62. The summed E-state index contributed by atoms with van der Waals surface area (Å²) in [7, 11) is 0. The van der Waals surface area contributed by atoms with E-state index in [1.54, 1.807) is 0 Å². The minimum absolute atomic E-state index is 0.0621. The van der Waals surface area contributed by atoms with Crippen LogP contribution in [0.1, 0.15) is 31.2 Å². The van der Waals surface area contributed by atoms with E-state index in [0.29, 0.717) is 6.42 Å². The maximum absolute atomic E-state index is 12.4. The van der Waals surface area contributed by atoms with Gasteiger partial charge in [-0.3, -0.25) is 4.79 Å². The number of amides is 1. The normalized spacial score (nSPS) is 23.0. The molecule has 2 saturated heterocycles. The van der Waals surface area contributed by atoms with E-state index in [2.05, 4.69) is 35.6 Å². The molecule has 2 aliphatic rings. The summed E-state index contributed by atoms with van der Waals surface area (Å²) in [4.78, 5) is 14.4. The second-order valence-corrected chi connectivity index (χ2v) is 6.75. The van der Waals surface area contributed by atoms with Gasteiger partial charge in [-0.1, -0.05) is 30.3 Å². The zero-order valence-corrected chi connectivity index (χ0v) is 13.9. The fourth-order valence-electron chi connectivity index (χ4n) is 3.56. The Hall–Kier alpha value is -1.39. The largest absolute Gasteiger partial charge is 0.375 e. The lowest BCUT2D eigenvalue weighted by Crippen LogP contribution is -2.44. The standard InChI is InChI=1S/C19H28N2O2/c22-19(14-18-15-20-10-13-23-18)21-11-8-17(9-12-21)7-6-16-4-2-1-3-5-16/h1-5,17-18,20H,6-15H2. The van der Waals surface area contributed by atoms with Gasteiger partial charge in [-0.15, -0.1) is 0 Å². The van der Waals surface area contributed by atoms with Crippen LogP contribution in [0.2, 0.25) is 0 Å². The first kappa shape index (κ1) is 16.5. The van der Waals surface area contributed by atoms with Crippen molar-refractivity contribution < 1.29 is 9.53 Å². The highest BCUT2D eigenvalue weighted by molar-refractivity contribution is 5.76. The molecule has 4 heteroatoms. The van der Waals surface area contributed by atoms with E-state index in [1.165, 1.54) is 12.0 Å². The Bertz CT molecular complexity index is 477. The Balaban J connectivity index is 1.37. The van der Waals surface area contributed by atoms with Crippen molar-refractivity contribution in [2.75, 3.05) is 32.8 Å². The van der Waals surface area contributed by atoms with Crippen LogP contribution in [0.25, 0.3) is 0 Å². The molecule has 1 unspecified atom stereocenters. The molecule has 0 aromatic heterocycles. The van der Waals surface area contributed by atoms with Gasteiger partial charge in [0.2, 0.25) is 5.91 Å². The van der Waals surface area contributed by atoms with E-state index < -0.39 is 0 Å². The molecule has 2 heterocycles. The molecule has 1 N–H and O–H groups in total. The number of carbonyl (C=O) groups is 1. The minimum Gasteiger partial charge on any atom is -0.375 e. The molecular weight excluding hydrogens is 288 g/mol. The molecule has 1 aromatic carbocycles. The molecule has 0 saturated carbocycles. The van der Waals surface area contributed by atoms with Gasteiger partial charge in [0.05, 0.1) is 19.1 Å². The van der Waals surface area contributed by atoms with E-state index in [0.717, 1.165) is 58.0 Å². The van der Waals surface area contributed by atoms with Crippen LogP contribution in [-0.2, 0) is 16.0 Å². The lowest BCUT2D eigenvalue weighted by atomic mass is 9.90. The zero-order chi connectivity index (χ0) is 15.9. The number of benzene rings is 1. The van der Waals surface area contributed by atoms with Crippen molar-refractivity contribution in [3.63, 3.8) is 0 Å². The van der Waals surface area contributed by atoms with Crippen molar-refractivity contribution in [1.29, 1.82) is 0 Å². The maximum atomic E-state index is 12.4. The molecule has 4 nitrogen and oxygen atoms in total. The first-order chi connectivity index (χ1) is 11.3. The summed E-state index contributed by atoms with van der Waals surface area (Å²) in [6.45, 7) is 4.26. The van der Waals surface area contributed by atoms with Crippen molar-refractivity contribution in [2.45, 2.75) is 38.2 Å². The molecule has 23 heavy (non-hydrogen) atoms. The molecule has 0 spiro atoms. The second-order valence-electron chi connectivity index (χ2n) is 6.75. The van der Waals surface area contributed by atoms with Gasteiger partial charge in [0.15, 0.2) is 0 Å². The third kappa shape index (κ3) is 5.05. The summed E-state index contributed by atoms with van der Waals surface area (Å²) in [6, 6.07) is 10.7. The van der Waals surface area contributed by atoms with E-state index in [9.17, 15) is 4.79 Å². The Morgan fingerprint density at radius 1 is 1.22 bits per heavy atom.